The number of carbonyl (C=O) groups excluding carboxylic acids is 1. The van der Waals surface area contributed by atoms with Gasteiger partial charge < -0.3 is 14.5 Å². The summed E-state index contributed by atoms with van der Waals surface area (Å²) in [5, 5.41) is 0. The molecule has 2 aromatic carbocycles. The van der Waals surface area contributed by atoms with Crippen molar-refractivity contribution in [3.8, 4) is 23.0 Å². The van der Waals surface area contributed by atoms with E-state index < -0.39 is 5.97 Å². The lowest BCUT2D eigenvalue weighted by Crippen LogP contribution is -2.04. The van der Waals surface area contributed by atoms with Gasteiger partial charge in [0.15, 0.2) is 0 Å². The van der Waals surface area contributed by atoms with E-state index in [-0.39, 0.29) is 0 Å². The molecule has 134 valence electrons. The molecule has 0 unspecified atom stereocenters. The molecule has 0 spiro atoms. The van der Waals surface area contributed by atoms with E-state index >= 15 is 0 Å². The van der Waals surface area contributed by atoms with Crippen LogP contribution >= 0.6 is 0 Å². The summed E-state index contributed by atoms with van der Waals surface area (Å²) in [6, 6.07) is 18.5. The van der Waals surface area contributed by atoms with Crippen molar-refractivity contribution in [2.75, 3.05) is 6.61 Å². The quantitative estimate of drug-likeness (QED) is 0.527. The standard InChI is InChI=1S/C21H17N3O3/c1-2-26-21(25)15-11-12-22-19(13-15)27-16-9-7-14(8-10-16)20-23-17-5-3-4-6-18(17)24-20/h3-13H,2H2,1H3,(H,23,24). The molecule has 27 heavy (non-hydrogen) atoms. The smallest absolute Gasteiger partial charge is 0.338 e. The maximum Gasteiger partial charge on any atom is 0.338 e. The third-order valence-corrected chi connectivity index (χ3v) is 3.99. The number of fused-ring (bicyclic) bond motifs is 1. The molecule has 6 heteroatoms. The van der Waals surface area contributed by atoms with Crippen molar-refractivity contribution >= 4 is 17.0 Å². The zero-order valence-corrected chi connectivity index (χ0v) is 14.7. The van der Waals surface area contributed by atoms with E-state index in [0.29, 0.717) is 23.8 Å². The summed E-state index contributed by atoms with van der Waals surface area (Å²) in [4.78, 5) is 23.8. The van der Waals surface area contributed by atoms with Gasteiger partial charge in [0.1, 0.15) is 11.6 Å². The molecule has 1 N–H and O–H groups in total. The fourth-order valence-electron chi connectivity index (χ4n) is 2.70. The Kier molecular flexibility index (Phi) is 4.53. The number of aromatic amines is 1. The number of imidazole rings is 1. The molecule has 0 atom stereocenters. The predicted octanol–water partition coefficient (Wildman–Crippen LogP) is 4.59. The molecule has 4 rings (SSSR count). The van der Waals surface area contributed by atoms with Crippen LogP contribution in [-0.2, 0) is 4.74 Å². The molecular weight excluding hydrogens is 342 g/mol. The van der Waals surface area contributed by atoms with Crippen molar-refractivity contribution in [3.63, 3.8) is 0 Å². The van der Waals surface area contributed by atoms with Gasteiger partial charge in [0.2, 0.25) is 5.88 Å². The molecule has 0 saturated heterocycles. The summed E-state index contributed by atoms with van der Waals surface area (Å²) in [7, 11) is 0. The number of hydrogen-bond donors (Lipinski definition) is 1. The van der Waals surface area contributed by atoms with Gasteiger partial charge in [-0.15, -0.1) is 0 Å². The van der Waals surface area contributed by atoms with Crippen LogP contribution in [0, 0.1) is 0 Å². The summed E-state index contributed by atoms with van der Waals surface area (Å²) in [6.45, 7) is 2.08. The van der Waals surface area contributed by atoms with Crippen LogP contribution in [0.25, 0.3) is 22.4 Å². The average molecular weight is 359 g/mol. The maximum atomic E-state index is 11.8. The number of H-pyrrole nitrogens is 1. The van der Waals surface area contributed by atoms with Crippen molar-refractivity contribution in [2.24, 2.45) is 0 Å². The minimum Gasteiger partial charge on any atom is -0.462 e. The monoisotopic (exact) mass is 359 g/mol. The highest BCUT2D eigenvalue weighted by molar-refractivity contribution is 5.89. The Morgan fingerprint density at radius 3 is 2.67 bits per heavy atom. The van der Waals surface area contributed by atoms with Gasteiger partial charge in [0.05, 0.1) is 23.2 Å². The normalized spacial score (nSPS) is 10.7. The molecule has 0 radical (unpaired) electrons. The van der Waals surface area contributed by atoms with E-state index in [1.807, 2.05) is 48.5 Å². The number of benzene rings is 2. The Hall–Kier alpha value is -3.67. The molecule has 0 fully saturated rings. The maximum absolute atomic E-state index is 11.8. The number of aromatic nitrogens is 3. The molecule has 0 bridgehead atoms. The first-order chi connectivity index (χ1) is 13.2. The topological polar surface area (TPSA) is 77.1 Å². The fourth-order valence-corrected chi connectivity index (χ4v) is 2.70. The first kappa shape index (κ1) is 16.8. The van der Waals surface area contributed by atoms with E-state index in [0.717, 1.165) is 22.4 Å². The van der Waals surface area contributed by atoms with Crippen molar-refractivity contribution < 1.29 is 14.3 Å². The second-order valence-corrected chi connectivity index (χ2v) is 5.83. The van der Waals surface area contributed by atoms with Crippen LogP contribution < -0.4 is 4.74 Å². The van der Waals surface area contributed by atoms with E-state index in [9.17, 15) is 4.79 Å². The largest absolute Gasteiger partial charge is 0.462 e. The molecule has 0 aliphatic heterocycles. The second-order valence-electron chi connectivity index (χ2n) is 5.83. The number of hydrogen-bond acceptors (Lipinski definition) is 5. The van der Waals surface area contributed by atoms with Crippen LogP contribution in [-0.4, -0.2) is 27.5 Å². The lowest BCUT2D eigenvalue weighted by molar-refractivity contribution is 0.0526. The number of rotatable bonds is 5. The van der Waals surface area contributed by atoms with Crippen LogP contribution in [0.4, 0.5) is 0 Å². The highest BCUT2D eigenvalue weighted by Gasteiger charge is 2.09. The molecular formula is C21H17N3O3. The first-order valence-corrected chi connectivity index (χ1v) is 8.59. The number of carbonyl (C=O) groups is 1. The molecule has 0 amide bonds. The highest BCUT2D eigenvalue weighted by atomic mass is 16.5. The molecule has 0 aliphatic carbocycles. The summed E-state index contributed by atoms with van der Waals surface area (Å²) < 4.78 is 10.7. The van der Waals surface area contributed by atoms with Crippen molar-refractivity contribution in [2.45, 2.75) is 6.92 Å². The minimum absolute atomic E-state index is 0.320. The molecule has 0 saturated carbocycles. The van der Waals surface area contributed by atoms with Crippen LogP contribution in [0.15, 0.2) is 66.9 Å². The lowest BCUT2D eigenvalue weighted by atomic mass is 10.2. The van der Waals surface area contributed by atoms with Gasteiger partial charge >= 0.3 is 5.97 Å². The third-order valence-electron chi connectivity index (χ3n) is 3.99. The third kappa shape index (κ3) is 3.64. The van der Waals surface area contributed by atoms with Crippen molar-refractivity contribution in [3.05, 3.63) is 72.4 Å². The van der Waals surface area contributed by atoms with E-state index in [1.54, 1.807) is 19.1 Å². The van der Waals surface area contributed by atoms with E-state index in [1.165, 1.54) is 6.20 Å². The van der Waals surface area contributed by atoms with Gasteiger partial charge in [-0.1, -0.05) is 12.1 Å². The fraction of sp³-hybridized carbons (Fsp3) is 0.0952. The van der Waals surface area contributed by atoms with Crippen LogP contribution in [0.1, 0.15) is 17.3 Å². The molecule has 4 aromatic rings. The number of nitrogens with zero attached hydrogens (tertiary/aromatic N) is 2. The van der Waals surface area contributed by atoms with Gasteiger partial charge in [-0.3, -0.25) is 0 Å². The van der Waals surface area contributed by atoms with Gasteiger partial charge in [-0.25, -0.2) is 14.8 Å². The predicted molar refractivity (Wildman–Crippen MR) is 102 cm³/mol. The molecule has 2 aromatic heterocycles. The number of pyridine rings is 1. The number of nitrogens with one attached hydrogen (secondary N) is 1. The Labute approximate surface area is 155 Å². The van der Waals surface area contributed by atoms with Gasteiger partial charge in [-0.05, 0) is 49.4 Å². The van der Waals surface area contributed by atoms with Crippen LogP contribution in [0.2, 0.25) is 0 Å². The number of esters is 1. The highest BCUT2D eigenvalue weighted by Crippen LogP contribution is 2.25. The zero-order chi connectivity index (χ0) is 18.6. The van der Waals surface area contributed by atoms with Gasteiger partial charge in [-0.2, -0.15) is 0 Å². The van der Waals surface area contributed by atoms with Gasteiger partial charge in [0, 0.05) is 17.8 Å². The molecule has 0 aliphatic rings. The van der Waals surface area contributed by atoms with Gasteiger partial charge in [0.25, 0.3) is 0 Å². The Morgan fingerprint density at radius 1 is 1.07 bits per heavy atom. The number of para-hydroxylation sites is 2. The Balaban J connectivity index is 1.52. The zero-order valence-electron chi connectivity index (χ0n) is 14.7. The average Bonchev–Trinajstić information content (AvgIpc) is 3.13. The Bertz CT molecular complexity index is 1050. The Morgan fingerprint density at radius 2 is 1.89 bits per heavy atom. The summed E-state index contributed by atoms with van der Waals surface area (Å²) in [5.41, 5.74) is 3.27. The SMILES string of the molecule is CCOC(=O)c1ccnc(Oc2ccc(-c3nc4ccccc4[nH]3)cc2)c1. The van der Waals surface area contributed by atoms with Crippen LogP contribution in [0.5, 0.6) is 11.6 Å². The molecule has 2 heterocycles. The van der Waals surface area contributed by atoms with E-state index in [4.69, 9.17) is 9.47 Å². The lowest BCUT2D eigenvalue weighted by Gasteiger charge is -2.07. The first-order valence-electron chi connectivity index (χ1n) is 8.59. The van der Waals surface area contributed by atoms with Crippen molar-refractivity contribution in [1.29, 1.82) is 0 Å². The van der Waals surface area contributed by atoms with Crippen molar-refractivity contribution in [1.82, 2.24) is 15.0 Å². The molecule has 6 nitrogen and oxygen atoms in total. The van der Waals surface area contributed by atoms with Crippen LogP contribution in [0.3, 0.4) is 0 Å². The van der Waals surface area contributed by atoms with E-state index in [2.05, 4.69) is 15.0 Å². The minimum atomic E-state index is -0.398. The summed E-state index contributed by atoms with van der Waals surface area (Å²) >= 11 is 0. The summed E-state index contributed by atoms with van der Waals surface area (Å²) in [6.07, 6.45) is 1.52. The number of ether oxygens (including phenoxy) is 2. The second kappa shape index (κ2) is 7.29. The summed E-state index contributed by atoms with van der Waals surface area (Å²) in [5.74, 6) is 1.34.